The van der Waals surface area contributed by atoms with E-state index in [-0.39, 0.29) is 11.9 Å². The van der Waals surface area contributed by atoms with E-state index in [4.69, 9.17) is 4.74 Å². The smallest absolute Gasteiger partial charge is 0.254 e. The van der Waals surface area contributed by atoms with Crippen molar-refractivity contribution in [3.63, 3.8) is 0 Å². The second-order valence-electron chi connectivity index (χ2n) is 5.69. The fourth-order valence-electron chi connectivity index (χ4n) is 2.84. The first-order valence-electron chi connectivity index (χ1n) is 7.45. The van der Waals surface area contributed by atoms with Crippen molar-refractivity contribution in [3.05, 3.63) is 53.7 Å². The van der Waals surface area contributed by atoms with Gasteiger partial charge in [0, 0.05) is 25.1 Å². The van der Waals surface area contributed by atoms with Crippen LogP contribution in [0.1, 0.15) is 23.6 Å². The predicted octanol–water partition coefficient (Wildman–Crippen LogP) is 2.38. The summed E-state index contributed by atoms with van der Waals surface area (Å²) in [5, 5.41) is 7.65. The van der Waals surface area contributed by atoms with E-state index in [1.165, 1.54) is 12.4 Å². The lowest BCUT2D eigenvalue weighted by Crippen LogP contribution is -2.11. The van der Waals surface area contributed by atoms with E-state index in [1.807, 2.05) is 12.1 Å². The molecule has 1 fully saturated rings. The van der Waals surface area contributed by atoms with Gasteiger partial charge in [0.2, 0.25) is 0 Å². The third kappa shape index (κ3) is 2.75. The van der Waals surface area contributed by atoms with Gasteiger partial charge < -0.3 is 10.1 Å². The second kappa shape index (κ2) is 5.58. The van der Waals surface area contributed by atoms with Crippen molar-refractivity contribution >= 4 is 11.6 Å². The maximum atomic E-state index is 13.3. The van der Waals surface area contributed by atoms with Crippen LogP contribution in [0.3, 0.4) is 0 Å². The van der Waals surface area contributed by atoms with Crippen molar-refractivity contribution in [3.8, 4) is 0 Å². The van der Waals surface area contributed by atoms with Crippen LogP contribution in [0, 0.1) is 5.82 Å². The molecule has 0 aliphatic heterocycles. The topological polar surface area (TPSA) is 64.3 Å². The first-order valence-corrected chi connectivity index (χ1v) is 7.45. The number of ether oxygens (including phenoxy) is 1. The van der Waals surface area contributed by atoms with Gasteiger partial charge in [0.15, 0.2) is 0 Å². The minimum atomic E-state index is -0.196. The first kappa shape index (κ1) is 14.1. The van der Waals surface area contributed by atoms with Crippen molar-refractivity contribution in [1.29, 1.82) is 0 Å². The van der Waals surface area contributed by atoms with Crippen LogP contribution < -0.4 is 5.32 Å². The lowest BCUT2D eigenvalue weighted by Gasteiger charge is -2.09. The number of hydrogen-bond acceptors (Lipinski definition) is 5. The van der Waals surface area contributed by atoms with Gasteiger partial charge in [0.25, 0.3) is 5.78 Å². The average molecular weight is 313 g/mol. The molecule has 1 N–H and O–H groups in total. The van der Waals surface area contributed by atoms with Gasteiger partial charge in [-0.1, -0.05) is 12.1 Å². The Hall–Kier alpha value is -2.54. The molecule has 1 saturated carbocycles. The normalized spacial score (nSPS) is 19.9. The van der Waals surface area contributed by atoms with Crippen LogP contribution in [0.15, 0.2) is 36.7 Å². The number of rotatable bonds is 5. The zero-order valence-corrected chi connectivity index (χ0v) is 12.6. The summed E-state index contributed by atoms with van der Waals surface area (Å²) in [7, 11) is 1.63. The largest absolute Gasteiger partial charge is 0.378 e. The molecule has 0 amide bonds. The van der Waals surface area contributed by atoms with Gasteiger partial charge >= 0.3 is 0 Å². The number of benzene rings is 1. The molecule has 0 bridgehead atoms. The van der Waals surface area contributed by atoms with Gasteiger partial charge in [-0.2, -0.15) is 14.6 Å². The van der Waals surface area contributed by atoms with Crippen LogP contribution in [-0.4, -0.2) is 32.7 Å². The standard InChI is InChI=1S/C16H16FN5O/c1-23-8-12-6-15(22-16(20-12)18-9-19-22)21-14-7-13(14)10-3-2-4-11(17)5-10/h2-6,9,13-14,21H,7-8H2,1H3/t13-,14+/m0/s1. The van der Waals surface area contributed by atoms with Crippen LogP contribution in [0.4, 0.5) is 10.2 Å². The minimum absolute atomic E-state index is 0.196. The molecule has 23 heavy (non-hydrogen) atoms. The van der Waals surface area contributed by atoms with Gasteiger partial charge in [0.1, 0.15) is 18.0 Å². The van der Waals surface area contributed by atoms with E-state index >= 15 is 0 Å². The quantitative estimate of drug-likeness (QED) is 0.783. The second-order valence-corrected chi connectivity index (χ2v) is 5.69. The molecule has 7 heteroatoms. The Kier molecular flexibility index (Phi) is 3.42. The maximum Gasteiger partial charge on any atom is 0.254 e. The van der Waals surface area contributed by atoms with Gasteiger partial charge in [-0.25, -0.2) is 9.37 Å². The van der Waals surface area contributed by atoms with E-state index in [2.05, 4.69) is 20.4 Å². The lowest BCUT2D eigenvalue weighted by molar-refractivity contribution is 0.181. The van der Waals surface area contributed by atoms with E-state index in [0.717, 1.165) is 23.5 Å². The summed E-state index contributed by atoms with van der Waals surface area (Å²) in [6.45, 7) is 0.413. The Morgan fingerprint density at radius 2 is 2.30 bits per heavy atom. The molecule has 2 heterocycles. The highest BCUT2D eigenvalue weighted by molar-refractivity contribution is 5.48. The monoisotopic (exact) mass is 313 g/mol. The molecule has 2 atom stereocenters. The van der Waals surface area contributed by atoms with Crippen LogP contribution in [-0.2, 0) is 11.3 Å². The van der Waals surface area contributed by atoms with Gasteiger partial charge in [-0.3, -0.25) is 0 Å². The van der Waals surface area contributed by atoms with E-state index in [0.29, 0.717) is 18.3 Å². The van der Waals surface area contributed by atoms with E-state index in [1.54, 1.807) is 23.8 Å². The summed E-state index contributed by atoms with van der Waals surface area (Å²) >= 11 is 0. The summed E-state index contributed by atoms with van der Waals surface area (Å²) in [4.78, 5) is 8.51. The number of anilines is 1. The van der Waals surface area contributed by atoms with Gasteiger partial charge in [0.05, 0.1) is 12.3 Å². The van der Waals surface area contributed by atoms with Crippen molar-refractivity contribution in [2.24, 2.45) is 0 Å². The molecule has 1 aliphatic rings. The Bertz CT molecular complexity index is 849. The van der Waals surface area contributed by atoms with Crippen molar-refractivity contribution in [2.75, 3.05) is 12.4 Å². The number of halogens is 1. The molecule has 3 aromatic rings. The van der Waals surface area contributed by atoms with Gasteiger partial charge in [-0.05, 0) is 24.1 Å². The Morgan fingerprint density at radius 1 is 1.39 bits per heavy atom. The molecule has 4 rings (SSSR count). The number of fused-ring (bicyclic) bond motifs is 1. The highest BCUT2D eigenvalue weighted by Gasteiger charge is 2.39. The summed E-state index contributed by atoms with van der Waals surface area (Å²) in [5.74, 6) is 1.47. The molecule has 1 aromatic carbocycles. The number of aromatic nitrogens is 4. The summed E-state index contributed by atoms with van der Waals surface area (Å²) in [6, 6.07) is 8.93. The average Bonchev–Trinajstić information content (AvgIpc) is 3.13. The van der Waals surface area contributed by atoms with Crippen molar-refractivity contribution < 1.29 is 9.13 Å². The molecule has 0 unspecified atom stereocenters. The molecule has 0 spiro atoms. The van der Waals surface area contributed by atoms with Crippen LogP contribution in [0.5, 0.6) is 0 Å². The zero-order valence-electron chi connectivity index (χ0n) is 12.6. The molecule has 6 nitrogen and oxygen atoms in total. The molecule has 0 radical (unpaired) electrons. The third-order valence-corrected chi connectivity index (χ3v) is 4.00. The third-order valence-electron chi connectivity index (χ3n) is 4.00. The summed E-state index contributed by atoms with van der Waals surface area (Å²) in [5.41, 5.74) is 1.81. The van der Waals surface area contributed by atoms with Gasteiger partial charge in [-0.15, -0.1) is 0 Å². The zero-order chi connectivity index (χ0) is 15.8. The SMILES string of the molecule is COCc1cc(N[C@@H]2C[C@H]2c2cccc(F)c2)n2ncnc2n1. The molecule has 1 aliphatic carbocycles. The van der Waals surface area contributed by atoms with Crippen LogP contribution in [0.25, 0.3) is 5.78 Å². The maximum absolute atomic E-state index is 13.3. The number of nitrogens with one attached hydrogen (secondary N) is 1. The lowest BCUT2D eigenvalue weighted by atomic mass is 10.1. The minimum Gasteiger partial charge on any atom is -0.378 e. The van der Waals surface area contributed by atoms with Crippen molar-refractivity contribution in [2.45, 2.75) is 25.0 Å². The Balaban J connectivity index is 1.57. The fourth-order valence-corrected chi connectivity index (χ4v) is 2.84. The van der Waals surface area contributed by atoms with E-state index < -0.39 is 0 Å². The first-order chi connectivity index (χ1) is 11.2. The molecule has 0 saturated heterocycles. The number of methoxy groups -OCH3 is 1. The molecular formula is C16H16FN5O. The Labute approximate surface area is 132 Å². The van der Waals surface area contributed by atoms with Crippen LogP contribution in [0.2, 0.25) is 0 Å². The number of nitrogens with zero attached hydrogens (tertiary/aromatic N) is 4. The summed E-state index contributed by atoms with van der Waals surface area (Å²) in [6.07, 6.45) is 2.43. The van der Waals surface area contributed by atoms with Crippen molar-refractivity contribution in [1.82, 2.24) is 19.6 Å². The highest BCUT2D eigenvalue weighted by Crippen LogP contribution is 2.42. The highest BCUT2D eigenvalue weighted by atomic mass is 19.1. The molecular weight excluding hydrogens is 297 g/mol. The summed E-state index contributed by atoms with van der Waals surface area (Å²) < 4.78 is 20.2. The number of hydrogen-bond donors (Lipinski definition) is 1. The molecule has 118 valence electrons. The molecule has 2 aromatic heterocycles. The Morgan fingerprint density at radius 3 is 3.13 bits per heavy atom. The van der Waals surface area contributed by atoms with Crippen LogP contribution >= 0.6 is 0 Å². The predicted molar refractivity (Wildman–Crippen MR) is 82.7 cm³/mol. The fraction of sp³-hybridized carbons (Fsp3) is 0.312. The van der Waals surface area contributed by atoms with E-state index in [9.17, 15) is 4.39 Å².